The summed E-state index contributed by atoms with van der Waals surface area (Å²) in [5, 5.41) is 3.40. The zero-order valence-electron chi connectivity index (χ0n) is 14.3. The summed E-state index contributed by atoms with van der Waals surface area (Å²) in [5.74, 6) is -0.665. The van der Waals surface area contributed by atoms with Crippen molar-refractivity contribution in [2.45, 2.75) is 32.7 Å². The minimum absolute atomic E-state index is 0.0468. The molecule has 1 aliphatic heterocycles. The predicted molar refractivity (Wildman–Crippen MR) is 93.9 cm³/mol. The van der Waals surface area contributed by atoms with Crippen LogP contribution in [0, 0.1) is 5.92 Å². The van der Waals surface area contributed by atoms with Crippen molar-refractivity contribution in [3.05, 3.63) is 34.9 Å². The fraction of sp³-hybridized carbons (Fsp3) is 0.500. The molecular formula is C18H23ClN2O4. The average Bonchev–Trinajstić information content (AvgIpc) is 2.59. The van der Waals surface area contributed by atoms with Crippen LogP contribution in [0.1, 0.15) is 31.7 Å². The summed E-state index contributed by atoms with van der Waals surface area (Å²) in [6.07, 6.45) is 1.03. The standard InChI is InChI=1S/C18H23ClN2O4/c1-2-25-17(23)9-10-20-18(24)14-5-8-16(22)21(12-14)11-13-3-6-15(19)7-4-13/h3-4,6-7,14H,2,5,8-12H2,1H3,(H,20,24)/t14-/m1/s1. The van der Waals surface area contributed by atoms with E-state index >= 15 is 0 Å². The first-order valence-corrected chi connectivity index (χ1v) is 8.83. The topological polar surface area (TPSA) is 75.7 Å². The molecular weight excluding hydrogens is 344 g/mol. The van der Waals surface area contributed by atoms with E-state index in [2.05, 4.69) is 5.32 Å². The fourth-order valence-electron chi connectivity index (χ4n) is 2.76. The van der Waals surface area contributed by atoms with Crippen LogP contribution in [0.5, 0.6) is 0 Å². The highest BCUT2D eigenvalue weighted by Gasteiger charge is 2.30. The van der Waals surface area contributed by atoms with E-state index in [1.807, 2.05) is 12.1 Å². The van der Waals surface area contributed by atoms with Gasteiger partial charge in [-0.2, -0.15) is 0 Å². The summed E-state index contributed by atoms with van der Waals surface area (Å²) >= 11 is 5.87. The van der Waals surface area contributed by atoms with Crippen molar-refractivity contribution in [1.29, 1.82) is 0 Å². The lowest BCUT2D eigenvalue weighted by molar-refractivity contribution is -0.143. The van der Waals surface area contributed by atoms with Crippen LogP contribution in [0.3, 0.4) is 0 Å². The molecule has 1 aromatic carbocycles. The Bertz CT molecular complexity index is 618. The van der Waals surface area contributed by atoms with E-state index in [9.17, 15) is 14.4 Å². The average molecular weight is 367 g/mol. The van der Waals surface area contributed by atoms with Crippen LogP contribution in [0.15, 0.2) is 24.3 Å². The van der Waals surface area contributed by atoms with Crippen molar-refractivity contribution in [2.75, 3.05) is 19.7 Å². The van der Waals surface area contributed by atoms with E-state index in [1.54, 1.807) is 24.0 Å². The van der Waals surface area contributed by atoms with Gasteiger partial charge in [0.2, 0.25) is 11.8 Å². The quantitative estimate of drug-likeness (QED) is 0.750. The Balaban J connectivity index is 1.84. The number of nitrogens with zero attached hydrogens (tertiary/aromatic N) is 1. The number of piperidine rings is 1. The lowest BCUT2D eigenvalue weighted by Crippen LogP contribution is -2.45. The van der Waals surface area contributed by atoms with Crippen LogP contribution in [-0.2, 0) is 25.7 Å². The minimum Gasteiger partial charge on any atom is -0.466 e. The number of amides is 2. The number of carbonyl (C=O) groups excluding carboxylic acids is 3. The lowest BCUT2D eigenvalue weighted by Gasteiger charge is -2.32. The maximum Gasteiger partial charge on any atom is 0.307 e. The number of rotatable bonds is 7. The first kappa shape index (κ1) is 19.2. The van der Waals surface area contributed by atoms with Gasteiger partial charge in [-0.05, 0) is 31.0 Å². The molecule has 0 saturated carbocycles. The van der Waals surface area contributed by atoms with Crippen molar-refractivity contribution in [1.82, 2.24) is 10.2 Å². The van der Waals surface area contributed by atoms with Crippen LogP contribution in [-0.4, -0.2) is 42.4 Å². The van der Waals surface area contributed by atoms with Crippen molar-refractivity contribution < 1.29 is 19.1 Å². The first-order valence-electron chi connectivity index (χ1n) is 8.45. The summed E-state index contributed by atoms with van der Waals surface area (Å²) in [4.78, 5) is 37.4. The molecule has 136 valence electrons. The Labute approximate surface area is 152 Å². The molecule has 1 aliphatic rings. The van der Waals surface area contributed by atoms with E-state index in [-0.39, 0.29) is 36.7 Å². The smallest absolute Gasteiger partial charge is 0.307 e. The summed E-state index contributed by atoms with van der Waals surface area (Å²) in [7, 11) is 0. The van der Waals surface area contributed by atoms with Gasteiger partial charge in [0, 0.05) is 31.1 Å². The molecule has 1 N–H and O–H groups in total. The van der Waals surface area contributed by atoms with Gasteiger partial charge >= 0.3 is 5.97 Å². The third-order valence-electron chi connectivity index (χ3n) is 4.09. The van der Waals surface area contributed by atoms with Crippen LogP contribution < -0.4 is 5.32 Å². The number of nitrogens with one attached hydrogen (secondary N) is 1. The Morgan fingerprint density at radius 1 is 1.32 bits per heavy atom. The van der Waals surface area contributed by atoms with Gasteiger partial charge in [0.15, 0.2) is 0 Å². The van der Waals surface area contributed by atoms with Gasteiger partial charge in [-0.3, -0.25) is 14.4 Å². The fourth-order valence-corrected chi connectivity index (χ4v) is 2.88. The Morgan fingerprint density at radius 2 is 2.04 bits per heavy atom. The molecule has 1 atom stereocenters. The lowest BCUT2D eigenvalue weighted by atomic mass is 9.96. The van der Waals surface area contributed by atoms with Crippen LogP contribution in [0.4, 0.5) is 0 Å². The molecule has 25 heavy (non-hydrogen) atoms. The van der Waals surface area contributed by atoms with Gasteiger partial charge in [0.1, 0.15) is 0 Å². The molecule has 0 spiro atoms. The number of carbonyl (C=O) groups is 3. The number of ether oxygens (including phenoxy) is 1. The molecule has 2 rings (SSSR count). The zero-order valence-corrected chi connectivity index (χ0v) is 15.1. The number of benzene rings is 1. The number of hydrogen-bond donors (Lipinski definition) is 1. The van der Waals surface area contributed by atoms with E-state index in [1.165, 1.54) is 0 Å². The predicted octanol–water partition coefficient (Wildman–Crippen LogP) is 2.15. The normalized spacial score (nSPS) is 17.3. The molecule has 1 saturated heterocycles. The van der Waals surface area contributed by atoms with Gasteiger partial charge in [-0.25, -0.2) is 0 Å². The second-order valence-electron chi connectivity index (χ2n) is 5.98. The monoisotopic (exact) mass is 366 g/mol. The molecule has 0 bridgehead atoms. The highest BCUT2D eigenvalue weighted by Crippen LogP contribution is 2.20. The number of likely N-dealkylation sites (tertiary alicyclic amines) is 1. The molecule has 2 amide bonds. The summed E-state index contributed by atoms with van der Waals surface area (Å²) in [6, 6.07) is 7.31. The third-order valence-corrected chi connectivity index (χ3v) is 4.34. The molecule has 1 heterocycles. The number of esters is 1. The van der Waals surface area contributed by atoms with Gasteiger partial charge in [0.25, 0.3) is 0 Å². The highest BCUT2D eigenvalue weighted by atomic mass is 35.5. The molecule has 0 radical (unpaired) electrons. The van der Waals surface area contributed by atoms with E-state index in [0.717, 1.165) is 5.56 Å². The summed E-state index contributed by atoms with van der Waals surface area (Å²) in [5.41, 5.74) is 0.973. The first-order chi connectivity index (χ1) is 12.0. The minimum atomic E-state index is -0.328. The zero-order chi connectivity index (χ0) is 18.2. The maximum absolute atomic E-state index is 12.3. The number of halogens is 1. The Morgan fingerprint density at radius 3 is 2.72 bits per heavy atom. The van der Waals surface area contributed by atoms with E-state index in [0.29, 0.717) is 37.6 Å². The van der Waals surface area contributed by atoms with E-state index < -0.39 is 0 Å². The molecule has 0 aliphatic carbocycles. The van der Waals surface area contributed by atoms with Gasteiger partial charge in [-0.1, -0.05) is 23.7 Å². The van der Waals surface area contributed by atoms with Crippen molar-refractivity contribution in [3.8, 4) is 0 Å². The van der Waals surface area contributed by atoms with Crippen LogP contribution >= 0.6 is 11.6 Å². The maximum atomic E-state index is 12.3. The SMILES string of the molecule is CCOC(=O)CCNC(=O)[C@@H]1CCC(=O)N(Cc2ccc(Cl)cc2)C1. The second kappa shape index (κ2) is 9.42. The summed E-state index contributed by atoms with van der Waals surface area (Å²) < 4.78 is 4.82. The highest BCUT2D eigenvalue weighted by molar-refractivity contribution is 6.30. The van der Waals surface area contributed by atoms with Gasteiger partial charge < -0.3 is 15.0 Å². The number of hydrogen-bond acceptors (Lipinski definition) is 4. The molecule has 7 heteroatoms. The van der Waals surface area contributed by atoms with Gasteiger partial charge in [-0.15, -0.1) is 0 Å². The molecule has 6 nitrogen and oxygen atoms in total. The molecule has 0 aromatic heterocycles. The molecule has 0 unspecified atom stereocenters. The van der Waals surface area contributed by atoms with Crippen molar-refractivity contribution >= 4 is 29.4 Å². The Kier molecular flexibility index (Phi) is 7.25. The summed E-state index contributed by atoms with van der Waals surface area (Å²) in [6.45, 7) is 3.16. The van der Waals surface area contributed by atoms with Crippen molar-refractivity contribution in [2.24, 2.45) is 5.92 Å². The van der Waals surface area contributed by atoms with Crippen molar-refractivity contribution in [3.63, 3.8) is 0 Å². The second-order valence-corrected chi connectivity index (χ2v) is 6.42. The Hall–Kier alpha value is -2.08. The molecule has 1 fully saturated rings. The van der Waals surface area contributed by atoms with Crippen LogP contribution in [0.25, 0.3) is 0 Å². The van der Waals surface area contributed by atoms with Gasteiger partial charge in [0.05, 0.1) is 18.9 Å². The van der Waals surface area contributed by atoms with Crippen LogP contribution in [0.2, 0.25) is 5.02 Å². The van der Waals surface area contributed by atoms with E-state index in [4.69, 9.17) is 16.3 Å². The third kappa shape index (κ3) is 6.05. The molecule has 1 aromatic rings. The largest absolute Gasteiger partial charge is 0.466 e.